The van der Waals surface area contributed by atoms with E-state index in [-0.39, 0.29) is 18.0 Å². The number of esters is 1. The molecule has 5 heteroatoms. The topological polar surface area (TPSA) is 55.8 Å². The molecule has 0 aliphatic carbocycles. The average molecular weight is 327 g/mol. The van der Waals surface area contributed by atoms with Gasteiger partial charge >= 0.3 is 5.97 Å². The third-order valence-electron chi connectivity index (χ3n) is 5.32. The van der Waals surface area contributed by atoms with Crippen LogP contribution < -0.4 is 4.90 Å². The minimum atomic E-state index is -0.692. The lowest BCUT2D eigenvalue weighted by molar-refractivity contribution is -0.151. The second kappa shape index (κ2) is 5.45. The fraction of sp³-hybridized carbons (Fsp3) is 0.474. The number of ether oxygens (including phenoxy) is 2. The van der Waals surface area contributed by atoms with Crippen LogP contribution in [-0.2, 0) is 25.5 Å². The van der Waals surface area contributed by atoms with Crippen LogP contribution in [0.4, 0.5) is 5.69 Å². The minimum Gasteiger partial charge on any atom is -0.466 e. The molecular formula is C19H21NO4. The molecule has 3 aliphatic heterocycles. The Balaban J connectivity index is 1.65. The third-order valence-corrected chi connectivity index (χ3v) is 5.32. The maximum absolute atomic E-state index is 13.0. The van der Waals surface area contributed by atoms with Crippen LogP contribution >= 0.6 is 0 Å². The maximum atomic E-state index is 13.0. The normalized spacial score (nSPS) is 33.2. The van der Waals surface area contributed by atoms with E-state index in [9.17, 15) is 9.59 Å². The van der Waals surface area contributed by atoms with Crippen LogP contribution in [0.5, 0.6) is 0 Å². The van der Waals surface area contributed by atoms with Gasteiger partial charge in [0.1, 0.15) is 11.5 Å². The molecule has 1 amide bonds. The molecular weight excluding hydrogens is 306 g/mol. The number of aryl methyl sites for hydroxylation is 1. The molecule has 1 aromatic rings. The van der Waals surface area contributed by atoms with Crippen molar-refractivity contribution < 1.29 is 19.1 Å². The van der Waals surface area contributed by atoms with Gasteiger partial charge in [0.25, 0.3) is 0 Å². The second-order valence-electron chi connectivity index (χ2n) is 6.60. The Morgan fingerprint density at radius 2 is 2.08 bits per heavy atom. The SMILES string of the molecule is CCOC(=O)[C@@H]1[C@H]2C=C[C@@]3(CN(c4ccc(CC)cc4)C(=O)[C@@H]13)O2. The summed E-state index contributed by atoms with van der Waals surface area (Å²) in [6.07, 6.45) is 4.47. The number of nitrogens with zero attached hydrogens (tertiary/aromatic N) is 1. The number of hydrogen-bond acceptors (Lipinski definition) is 4. The lowest BCUT2D eigenvalue weighted by atomic mass is 9.77. The predicted octanol–water partition coefficient (Wildman–Crippen LogP) is 2.10. The summed E-state index contributed by atoms with van der Waals surface area (Å²) in [5, 5.41) is 0. The molecule has 1 aromatic carbocycles. The van der Waals surface area contributed by atoms with Crippen molar-refractivity contribution in [3.05, 3.63) is 42.0 Å². The Kier molecular flexibility index (Phi) is 3.49. The number of benzene rings is 1. The molecule has 4 rings (SSSR count). The molecule has 1 spiro atoms. The van der Waals surface area contributed by atoms with E-state index in [2.05, 4.69) is 6.92 Å². The number of fused-ring (bicyclic) bond motifs is 1. The van der Waals surface area contributed by atoms with E-state index in [4.69, 9.17) is 9.47 Å². The second-order valence-corrected chi connectivity index (χ2v) is 6.60. The summed E-state index contributed by atoms with van der Waals surface area (Å²) in [4.78, 5) is 27.1. The molecule has 2 bridgehead atoms. The van der Waals surface area contributed by atoms with Gasteiger partial charge in [0, 0.05) is 5.69 Å². The lowest BCUT2D eigenvalue weighted by Crippen LogP contribution is -2.40. The Hall–Kier alpha value is -2.14. The zero-order valence-electron chi connectivity index (χ0n) is 13.9. The number of hydrogen-bond donors (Lipinski definition) is 0. The average Bonchev–Trinajstić information content (AvgIpc) is 3.23. The van der Waals surface area contributed by atoms with Crippen molar-refractivity contribution in [2.24, 2.45) is 11.8 Å². The summed E-state index contributed by atoms with van der Waals surface area (Å²) in [6, 6.07) is 7.99. The van der Waals surface area contributed by atoms with Crippen molar-refractivity contribution in [2.45, 2.75) is 32.0 Å². The zero-order chi connectivity index (χ0) is 16.9. The molecule has 126 valence electrons. The van der Waals surface area contributed by atoms with Gasteiger partial charge in [-0.15, -0.1) is 0 Å². The van der Waals surface area contributed by atoms with Gasteiger partial charge in [-0.2, -0.15) is 0 Å². The Morgan fingerprint density at radius 3 is 2.75 bits per heavy atom. The Labute approximate surface area is 141 Å². The minimum absolute atomic E-state index is 0.0517. The van der Waals surface area contributed by atoms with Gasteiger partial charge in [-0.05, 0) is 31.0 Å². The van der Waals surface area contributed by atoms with E-state index in [1.807, 2.05) is 36.4 Å². The largest absolute Gasteiger partial charge is 0.466 e. The highest BCUT2D eigenvalue weighted by molar-refractivity contribution is 6.02. The van der Waals surface area contributed by atoms with Crippen molar-refractivity contribution in [3.8, 4) is 0 Å². The summed E-state index contributed by atoms with van der Waals surface area (Å²) >= 11 is 0. The van der Waals surface area contributed by atoms with Crippen LogP contribution in [0.3, 0.4) is 0 Å². The van der Waals surface area contributed by atoms with Gasteiger partial charge in [0.2, 0.25) is 5.91 Å². The van der Waals surface area contributed by atoms with E-state index in [0.717, 1.165) is 12.1 Å². The number of anilines is 1. The fourth-order valence-electron chi connectivity index (χ4n) is 4.14. The number of rotatable bonds is 4. The number of carbonyl (C=O) groups is 2. The first-order valence-electron chi connectivity index (χ1n) is 8.54. The van der Waals surface area contributed by atoms with Crippen molar-refractivity contribution in [3.63, 3.8) is 0 Å². The molecule has 4 atom stereocenters. The van der Waals surface area contributed by atoms with Gasteiger partial charge in [-0.1, -0.05) is 31.2 Å². The maximum Gasteiger partial charge on any atom is 0.312 e. The molecule has 24 heavy (non-hydrogen) atoms. The molecule has 5 nitrogen and oxygen atoms in total. The molecule has 2 fully saturated rings. The van der Waals surface area contributed by atoms with Crippen LogP contribution in [0.25, 0.3) is 0 Å². The van der Waals surface area contributed by atoms with Crippen LogP contribution in [0.2, 0.25) is 0 Å². The van der Waals surface area contributed by atoms with Crippen LogP contribution in [-0.4, -0.2) is 36.7 Å². The molecule has 0 saturated carbocycles. The Bertz CT molecular complexity index is 711. The van der Waals surface area contributed by atoms with Gasteiger partial charge in [-0.25, -0.2) is 0 Å². The van der Waals surface area contributed by atoms with Crippen molar-refractivity contribution >= 4 is 17.6 Å². The molecule has 0 radical (unpaired) electrons. The molecule has 3 aliphatic rings. The third kappa shape index (κ3) is 2.04. The van der Waals surface area contributed by atoms with E-state index >= 15 is 0 Å². The summed E-state index contributed by atoms with van der Waals surface area (Å²) in [5.41, 5.74) is 1.39. The molecule has 3 heterocycles. The van der Waals surface area contributed by atoms with Crippen molar-refractivity contribution in [2.75, 3.05) is 18.1 Å². The highest BCUT2D eigenvalue weighted by Crippen LogP contribution is 2.52. The fourth-order valence-corrected chi connectivity index (χ4v) is 4.14. The van der Waals surface area contributed by atoms with Gasteiger partial charge in [-0.3, -0.25) is 9.59 Å². The summed E-state index contributed by atoms with van der Waals surface area (Å²) in [7, 11) is 0. The standard InChI is InChI=1S/C19H21NO4/c1-3-12-5-7-13(8-6-12)20-11-19-10-9-14(24-19)15(16(19)17(20)21)18(22)23-4-2/h5-10,14-16H,3-4,11H2,1-2H3/t14-,15-,16-,19+/m1/s1. The van der Waals surface area contributed by atoms with E-state index in [1.165, 1.54) is 5.56 Å². The van der Waals surface area contributed by atoms with Crippen LogP contribution in [0.15, 0.2) is 36.4 Å². The first-order chi connectivity index (χ1) is 11.6. The number of carbonyl (C=O) groups excluding carboxylic acids is 2. The summed E-state index contributed by atoms with van der Waals surface area (Å²) in [6.45, 7) is 4.63. The lowest BCUT2D eigenvalue weighted by Gasteiger charge is -2.22. The molecule has 0 unspecified atom stereocenters. The number of amides is 1. The van der Waals surface area contributed by atoms with Gasteiger partial charge in [0.05, 0.1) is 25.2 Å². The van der Waals surface area contributed by atoms with Crippen molar-refractivity contribution in [1.82, 2.24) is 0 Å². The molecule has 2 saturated heterocycles. The Morgan fingerprint density at radius 1 is 1.33 bits per heavy atom. The first-order valence-corrected chi connectivity index (χ1v) is 8.54. The highest BCUT2D eigenvalue weighted by Gasteiger charge is 2.67. The van der Waals surface area contributed by atoms with Crippen LogP contribution in [0.1, 0.15) is 19.4 Å². The predicted molar refractivity (Wildman–Crippen MR) is 88.5 cm³/mol. The van der Waals surface area contributed by atoms with E-state index < -0.39 is 17.4 Å². The van der Waals surface area contributed by atoms with Crippen molar-refractivity contribution in [1.29, 1.82) is 0 Å². The monoisotopic (exact) mass is 327 g/mol. The summed E-state index contributed by atoms with van der Waals surface area (Å²) < 4.78 is 11.2. The van der Waals surface area contributed by atoms with Crippen LogP contribution in [0, 0.1) is 11.8 Å². The smallest absolute Gasteiger partial charge is 0.312 e. The van der Waals surface area contributed by atoms with E-state index in [1.54, 1.807) is 11.8 Å². The molecule has 0 aromatic heterocycles. The summed E-state index contributed by atoms with van der Waals surface area (Å²) in [5.74, 6) is -1.42. The quantitative estimate of drug-likeness (QED) is 0.628. The van der Waals surface area contributed by atoms with E-state index in [0.29, 0.717) is 13.2 Å². The zero-order valence-corrected chi connectivity index (χ0v) is 13.9. The first kappa shape index (κ1) is 15.4. The highest BCUT2D eigenvalue weighted by atomic mass is 16.6. The molecule has 0 N–H and O–H groups in total. The van der Waals surface area contributed by atoms with Gasteiger partial charge in [0.15, 0.2) is 0 Å². The van der Waals surface area contributed by atoms with Gasteiger partial charge < -0.3 is 14.4 Å².